The largest absolute Gasteiger partial charge is 0.334 e. The molecule has 3 rings (SSSR count). The van der Waals surface area contributed by atoms with Gasteiger partial charge >= 0.3 is 0 Å². The summed E-state index contributed by atoms with van der Waals surface area (Å²) >= 11 is 3.59. The first kappa shape index (κ1) is 14.7. The van der Waals surface area contributed by atoms with Crippen LogP contribution in [0.15, 0.2) is 27.2 Å². The van der Waals surface area contributed by atoms with Crippen LogP contribution in [0.25, 0.3) is 11.5 Å². The van der Waals surface area contributed by atoms with E-state index >= 15 is 0 Å². The summed E-state index contributed by atoms with van der Waals surface area (Å²) in [5.41, 5.74) is 2.10. The second kappa shape index (κ2) is 6.25. The average molecular weight is 351 g/mol. The predicted octanol–water partition coefficient (Wildman–Crippen LogP) is 2.77. The molecule has 1 atom stereocenters. The van der Waals surface area contributed by atoms with E-state index in [1.807, 2.05) is 25.1 Å². The van der Waals surface area contributed by atoms with E-state index in [4.69, 9.17) is 4.52 Å². The number of nitrogens with one attached hydrogen (secondary N) is 1. The van der Waals surface area contributed by atoms with Gasteiger partial charge in [-0.05, 0) is 41.4 Å². The Morgan fingerprint density at radius 1 is 1.33 bits per heavy atom. The van der Waals surface area contributed by atoms with Crippen LogP contribution in [0.3, 0.4) is 0 Å². The van der Waals surface area contributed by atoms with Crippen LogP contribution < -0.4 is 5.32 Å². The molecule has 2 aromatic rings. The first-order chi connectivity index (χ1) is 10.2. The number of hydrogen-bond donors (Lipinski definition) is 1. The van der Waals surface area contributed by atoms with Crippen LogP contribution in [-0.4, -0.2) is 41.2 Å². The van der Waals surface area contributed by atoms with Gasteiger partial charge in [0.05, 0.1) is 11.6 Å². The number of rotatable bonds is 3. The van der Waals surface area contributed by atoms with Crippen molar-refractivity contribution in [2.24, 2.45) is 0 Å². The van der Waals surface area contributed by atoms with E-state index in [1.54, 1.807) is 0 Å². The Bertz CT molecular complexity index is 622. The van der Waals surface area contributed by atoms with Crippen LogP contribution in [0.2, 0.25) is 0 Å². The molecule has 1 unspecified atom stereocenters. The van der Waals surface area contributed by atoms with Crippen LogP contribution in [0.4, 0.5) is 0 Å². The summed E-state index contributed by atoms with van der Waals surface area (Å²) in [6, 6.07) is 6.21. The van der Waals surface area contributed by atoms with Gasteiger partial charge in [0.1, 0.15) is 0 Å². The minimum Gasteiger partial charge on any atom is -0.334 e. The lowest BCUT2D eigenvalue weighted by Crippen LogP contribution is -2.44. The smallest absolute Gasteiger partial charge is 0.259 e. The second-order valence-corrected chi connectivity index (χ2v) is 6.15. The predicted molar refractivity (Wildman–Crippen MR) is 85.0 cm³/mol. The fourth-order valence-corrected chi connectivity index (χ4v) is 2.99. The fraction of sp³-hybridized carbons (Fsp3) is 0.467. The number of hydrogen-bond acceptors (Lipinski definition) is 5. The summed E-state index contributed by atoms with van der Waals surface area (Å²) < 4.78 is 6.47. The molecule has 0 radical (unpaired) electrons. The fourth-order valence-electron chi connectivity index (χ4n) is 2.56. The minimum absolute atomic E-state index is 0.174. The van der Waals surface area contributed by atoms with E-state index in [-0.39, 0.29) is 6.04 Å². The van der Waals surface area contributed by atoms with Crippen LogP contribution in [0.1, 0.15) is 24.4 Å². The molecule has 1 aliphatic heterocycles. The van der Waals surface area contributed by atoms with Gasteiger partial charge in [-0.25, -0.2) is 0 Å². The molecule has 1 fully saturated rings. The molecule has 0 bridgehead atoms. The minimum atomic E-state index is 0.174. The zero-order valence-corrected chi connectivity index (χ0v) is 13.9. The van der Waals surface area contributed by atoms with Crippen molar-refractivity contribution < 1.29 is 4.52 Å². The number of aryl methyl sites for hydroxylation is 1. The van der Waals surface area contributed by atoms with Gasteiger partial charge in [0.25, 0.3) is 5.89 Å². The number of benzene rings is 1. The molecular weight excluding hydrogens is 332 g/mol. The molecule has 1 aromatic heterocycles. The van der Waals surface area contributed by atoms with E-state index in [1.165, 1.54) is 0 Å². The molecule has 1 saturated heterocycles. The molecule has 2 heterocycles. The summed E-state index contributed by atoms with van der Waals surface area (Å²) in [6.45, 7) is 8.23. The molecule has 6 heteroatoms. The maximum atomic E-state index is 5.47. The second-order valence-electron chi connectivity index (χ2n) is 5.36. The van der Waals surface area contributed by atoms with Crippen molar-refractivity contribution in [2.75, 3.05) is 26.2 Å². The quantitative estimate of drug-likeness (QED) is 0.922. The summed E-state index contributed by atoms with van der Waals surface area (Å²) in [6.07, 6.45) is 0. The number of piperazine rings is 1. The summed E-state index contributed by atoms with van der Waals surface area (Å²) in [5, 5.41) is 7.52. The molecule has 5 nitrogen and oxygen atoms in total. The SMILES string of the molecule is Cc1cccc(-c2nc(C(C)N3CCNCC3)no2)c1Br. The summed E-state index contributed by atoms with van der Waals surface area (Å²) in [7, 11) is 0. The maximum absolute atomic E-state index is 5.47. The van der Waals surface area contributed by atoms with E-state index in [0.717, 1.165) is 47.6 Å². The Hall–Kier alpha value is -1.24. The Balaban J connectivity index is 1.84. The first-order valence-electron chi connectivity index (χ1n) is 7.20. The molecule has 112 valence electrons. The molecule has 0 aliphatic carbocycles. The Morgan fingerprint density at radius 3 is 2.86 bits per heavy atom. The van der Waals surface area contributed by atoms with Crippen LogP contribution in [-0.2, 0) is 0 Å². The van der Waals surface area contributed by atoms with Crippen LogP contribution in [0.5, 0.6) is 0 Å². The highest BCUT2D eigenvalue weighted by Gasteiger charge is 2.23. The Labute approximate surface area is 132 Å². The van der Waals surface area contributed by atoms with E-state index in [9.17, 15) is 0 Å². The van der Waals surface area contributed by atoms with Gasteiger partial charge in [0, 0.05) is 30.7 Å². The van der Waals surface area contributed by atoms with Crippen LogP contribution >= 0.6 is 15.9 Å². The maximum Gasteiger partial charge on any atom is 0.259 e. The molecular formula is C15H19BrN4O. The highest BCUT2D eigenvalue weighted by atomic mass is 79.9. The monoisotopic (exact) mass is 350 g/mol. The summed E-state index contributed by atoms with van der Waals surface area (Å²) in [4.78, 5) is 6.96. The lowest BCUT2D eigenvalue weighted by atomic mass is 10.1. The molecule has 1 N–H and O–H groups in total. The summed E-state index contributed by atoms with van der Waals surface area (Å²) in [5.74, 6) is 1.32. The van der Waals surface area contributed by atoms with Gasteiger partial charge in [-0.3, -0.25) is 4.90 Å². The molecule has 0 saturated carbocycles. The van der Waals surface area contributed by atoms with Crippen molar-refractivity contribution >= 4 is 15.9 Å². The van der Waals surface area contributed by atoms with E-state index in [2.05, 4.69) is 43.2 Å². The average Bonchev–Trinajstić information content (AvgIpc) is 3.00. The normalized spacial score (nSPS) is 17.9. The van der Waals surface area contributed by atoms with Gasteiger partial charge in [0.2, 0.25) is 0 Å². The standard InChI is InChI=1S/C15H19BrN4O/c1-10-4-3-5-12(13(10)16)15-18-14(19-21-15)11(2)20-8-6-17-7-9-20/h3-5,11,17H,6-9H2,1-2H3. The zero-order valence-electron chi connectivity index (χ0n) is 12.3. The third-order valence-corrected chi connectivity index (χ3v) is 4.99. The molecule has 0 spiro atoms. The molecule has 21 heavy (non-hydrogen) atoms. The van der Waals surface area contributed by atoms with Crippen molar-refractivity contribution in [3.05, 3.63) is 34.1 Å². The van der Waals surface area contributed by atoms with Crippen molar-refractivity contribution in [3.8, 4) is 11.5 Å². The van der Waals surface area contributed by atoms with Gasteiger partial charge in [-0.2, -0.15) is 4.98 Å². The highest BCUT2D eigenvalue weighted by Crippen LogP contribution is 2.30. The number of halogens is 1. The lowest BCUT2D eigenvalue weighted by molar-refractivity contribution is 0.176. The molecule has 0 amide bonds. The Kier molecular flexibility index (Phi) is 4.37. The van der Waals surface area contributed by atoms with Crippen LogP contribution in [0, 0.1) is 6.92 Å². The number of nitrogens with zero attached hydrogens (tertiary/aromatic N) is 3. The van der Waals surface area contributed by atoms with Gasteiger partial charge in [0.15, 0.2) is 5.82 Å². The highest BCUT2D eigenvalue weighted by molar-refractivity contribution is 9.10. The van der Waals surface area contributed by atoms with Gasteiger partial charge < -0.3 is 9.84 Å². The van der Waals surface area contributed by atoms with E-state index in [0.29, 0.717) is 5.89 Å². The van der Waals surface area contributed by atoms with Crippen molar-refractivity contribution in [1.82, 2.24) is 20.4 Å². The van der Waals surface area contributed by atoms with Crippen molar-refractivity contribution in [1.29, 1.82) is 0 Å². The third-order valence-electron chi connectivity index (χ3n) is 3.94. The van der Waals surface area contributed by atoms with Gasteiger partial charge in [-0.1, -0.05) is 17.3 Å². The van der Waals surface area contributed by atoms with Crippen molar-refractivity contribution in [2.45, 2.75) is 19.9 Å². The zero-order chi connectivity index (χ0) is 14.8. The lowest BCUT2D eigenvalue weighted by Gasteiger charge is -2.30. The first-order valence-corrected chi connectivity index (χ1v) is 8.00. The third kappa shape index (κ3) is 3.02. The van der Waals surface area contributed by atoms with E-state index < -0.39 is 0 Å². The molecule has 1 aliphatic rings. The molecule has 1 aromatic carbocycles. The topological polar surface area (TPSA) is 54.2 Å². The number of aromatic nitrogens is 2. The van der Waals surface area contributed by atoms with Crippen molar-refractivity contribution in [3.63, 3.8) is 0 Å². The Morgan fingerprint density at radius 2 is 2.10 bits per heavy atom. The van der Waals surface area contributed by atoms with Gasteiger partial charge in [-0.15, -0.1) is 0 Å².